The molecule has 0 aliphatic heterocycles. The Labute approximate surface area is 197 Å². The number of carbonyl (C=O) groups excluding carboxylic acids is 4. The third-order valence-electron chi connectivity index (χ3n) is 6.95. The molecule has 4 fully saturated rings. The summed E-state index contributed by atoms with van der Waals surface area (Å²) >= 11 is 5.78. The fraction of sp³-hybridized carbons (Fsp3) is 0.545. The average Bonchev–Trinajstić information content (AvgIpc) is 2.66. The first-order valence-corrected chi connectivity index (χ1v) is 11.0. The van der Waals surface area contributed by atoms with Crippen molar-refractivity contribution >= 4 is 35.6 Å². The van der Waals surface area contributed by atoms with Crippen LogP contribution in [0.3, 0.4) is 0 Å². The number of Topliss-reactive ketones (excluding diaryl/α,β-unsaturated/α-hetero) is 1. The molecule has 5 rings (SSSR count). The number of amides is 3. The lowest BCUT2D eigenvalue weighted by Gasteiger charge is -2.71. The molecule has 0 aromatic heterocycles. The Bertz CT molecular complexity index is 989. The van der Waals surface area contributed by atoms with E-state index in [0.717, 1.165) is 4.90 Å². The molecule has 1 N–H and O–H groups in total. The number of hydrogen-bond acceptors (Lipinski definition) is 6. The van der Waals surface area contributed by atoms with Crippen LogP contribution >= 0.6 is 11.6 Å². The van der Waals surface area contributed by atoms with E-state index < -0.39 is 47.1 Å². The topological polar surface area (TPSA) is 102 Å². The second kappa shape index (κ2) is 8.53. The first kappa shape index (κ1) is 24.5. The summed E-state index contributed by atoms with van der Waals surface area (Å²) in [6.07, 6.45) is -3.57. The van der Waals surface area contributed by atoms with Gasteiger partial charge in [0.2, 0.25) is 12.3 Å². The summed E-state index contributed by atoms with van der Waals surface area (Å²) in [5.41, 5.74) is -3.58. The van der Waals surface area contributed by atoms with Crippen molar-refractivity contribution in [2.75, 3.05) is 13.2 Å². The number of ether oxygens (including phenoxy) is 2. The Balaban J connectivity index is 1.27. The number of rotatable bonds is 10. The molecule has 0 unspecified atom stereocenters. The van der Waals surface area contributed by atoms with Crippen LogP contribution in [0.4, 0.5) is 13.2 Å². The quantitative estimate of drug-likeness (QED) is 0.494. The molecule has 184 valence electrons. The lowest BCUT2D eigenvalue weighted by Crippen LogP contribution is -2.79. The zero-order valence-corrected chi connectivity index (χ0v) is 18.7. The van der Waals surface area contributed by atoms with E-state index >= 15 is 0 Å². The first-order valence-electron chi connectivity index (χ1n) is 10.7. The second-order valence-electron chi connectivity index (χ2n) is 9.21. The molecule has 0 spiro atoms. The van der Waals surface area contributed by atoms with Gasteiger partial charge < -0.3 is 9.64 Å². The minimum atomic E-state index is -4.95. The molecule has 12 heteroatoms. The van der Waals surface area contributed by atoms with E-state index in [-0.39, 0.29) is 38.7 Å². The number of ketones is 1. The van der Waals surface area contributed by atoms with Crippen LogP contribution in [-0.2, 0) is 23.9 Å². The van der Waals surface area contributed by atoms with E-state index in [0.29, 0.717) is 23.6 Å². The van der Waals surface area contributed by atoms with Gasteiger partial charge in [-0.3, -0.25) is 29.2 Å². The molecule has 2 bridgehead atoms. The Hall–Kier alpha value is -2.66. The maximum atomic E-state index is 12.7. The van der Waals surface area contributed by atoms with Gasteiger partial charge in [-0.05, 0) is 62.8 Å². The summed E-state index contributed by atoms with van der Waals surface area (Å²) in [6.45, 7) is -0.907. The van der Waals surface area contributed by atoms with Gasteiger partial charge in [-0.1, -0.05) is 11.6 Å². The Morgan fingerprint density at radius 3 is 2.24 bits per heavy atom. The summed E-state index contributed by atoms with van der Waals surface area (Å²) in [5, 5.41) is 2.78. The van der Waals surface area contributed by atoms with Crippen molar-refractivity contribution < 1.29 is 41.8 Å². The molecule has 4 saturated carbocycles. The third kappa shape index (κ3) is 4.50. The fourth-order valence-electron chi connectivity index (χ4n) is 5.03. The molecule has 1 aromatic carbocycles. The van der Waals surface area contributed by atoms with Gasteiger partial charge in [0.05, 0.1) is 12.0 Å². The van der Waals surface area contributed by atoms with Crippen molar-refractivity contribution in [1.29, 1.82) is 0 Å². The molecule has 8 nitrogen and oxygen atoms in total. The van der Waals surface area contributed by atoms with Crippen molar-refractivity contribution in [1.82, 2.24) is 10.2 Å². The normalized spacial score (nSPS) is 26.2. The highest BCUT2D eigenvalue weighted by Crippen LogP contribution is 2.69. The standard InChI is InChI=1S/C22H22ClF3N2O6/c23-14-2-4-15(5-3-14)33-9-17(31)27-18(32)19-10-20(11-19,12-19)28(13-29)8-16(30)21(6-1-7-21)34-22(24,25)26/h2-5,13H,1,6-12H2,(H,27,31,32). The minimum Gasteiger partial charge on any atom is -0.484 e. The van der Waals surface area contributed by atoms with Gasteiger partial charge in [-0.15, -0.1) is 13.2 Å². The van der Waals surface area contributed by atoms with E-state index in [9.17, 15) is 32.3 Å². The van der Waals surface area contributed by atoms with E-state index in [1.807, 2.05) is 0 Å². The number of nitrogens with one attached hydrogen (secondary N) is 1. The van der Waals surface area contributed by atoms with Gasteiger partial charge >= 0.3 is 6.36 Å². The zero-order chi connectivity index (χ0) is 24.8. The summed E-state index contributed by atoms with van der Waals surface area (Å²) in [6, 6.07) is 6.33. The van der Waals surface area contributed by atoms with Crippen LogP contribution < -0.4 is 10.1 Å². The molecule has 0 heterocycles. The monoisotopic (exact) mass is 502 g/mol. The number of carbonyl (C=O) groups is 4. The minimum absolute atomic E-state index is 0.0579. The number of halogens is 4. The number of imide groups is 1. The fourth-order valence-corrected chi connectivity index (χ4v) is 5.15. The SMILES string of the molecule is O=CN(CC(=O)C1(OC(F)(F)F)CCC1)C12CC(C(=O)NC(=O)COc3ccc(Cl)cc3)(C1)C2. The molecule has 34 heavy (non-hydrogen) atoms. The molecular weight excluding hydrogens is 481 g/mol. The van der Waals surface area contributed by atoms with Crippen molar-refractivity contribution in [2.24, 2.45) is 5.41 Å². The average molecular weight is 503 g/mol. The van der Waals surface area contributed by atoms with E-state index in [4.69, 9.17) is 16.3 Å². The number of hydrogen-bond donors (Lipinski definition) is 1. The predicted molar refractivity (Wildman–Crippen MR) is 111 cm³/mol. The summed E-state index contributed by atoms with van der Waals surface area (Å²) < 4.78 is 47.6. The van der Waals surface area contributed by atoms with Crippen molar-refractivity contribution in [3.8, 4) is 5.75 Å². The molecular formula is C22H22ClF3N2O6. The van der Waals surface area contributed by atoms with Crippen LogP contribution in [-0.4, -0.2) is 59.6 Å². The summed E-state index contributed by atoms with van der Waals surface area (Å²) in [7, 11) is 0. The molecule has 0 saturated heterocycles. The Kier molecular flexibility index (Phi) is 6.14. The molecule has 3 amide bonds. The molecule has 0 radical (unpaired) electrons. The van der Waals surface area contributed by atoms with Crippen molar-refractivity contribution in [3.05, 3.63) is 29.3 Å². The predicted octanol–water partition coefficient (Wildman–Crippen LogP) is 2.77. The van der Waals surface area contributed by atoms with Gasteiger partial charge in [0.15, 0.2) is 12.4 Å². The van der Waals surface area contributed by atoms with Gasteiger partial charge in [-0.2, -0.15) is 0 Å². The van der Waals surface area contributed by atoms with Gasteiger partial charge in [-0.25, -0.2) is 0 Å². The highest BCUT2D eigenvalue weighted by atomic mass is 35.5. The lowest BCUT2D eigenvalue weighted by molar-refractivity contribution is -0.369. The second-order valence-corrected chi connectivity index (χ2v) is 9.64. The van der Waals surface area contributed by atoms with E-state index in [1.165, 1.54) is 0 Å². The van der Waals surface area contributed by atoms with E-state index in [1.54, 1.807) is 24.3 Å². The van der Waals surface area contributed by atoms with E-state index in [2.05, 4.69) is 10.1 Å². The number of benzene rings is 1. The van der Waals surface area contributed by atoms with Crippen LogP contribution in [0.1, 0.15) is 38.5 Å². The molecule has 4 aliphatic rings. The molecule has 4 aliphatic carbocycles. The van der Waals surface area contributed by atoms with Gasteiger partial charge in [0, 0.05) is 10.6 Å². The maximum absolute atomic E-state index is 12.7. The highest BCUT2D eigenvalue weighted by molar-refractivity contribution is 6.30. The highest BCUT2D eigenvalue weighted by Gasteiger charge is 2.74. The van der Waals surface area contributed by atoms with Gasteiger partial charge in [0.25, 0.3) is 5.91 Å². The van der Waals surface area contributed by atoms with Gasteiger partial charge in [0.1, 0.15) is 11.4 Å². The lowest BCUT2D eigenvalue weighted by atomic mass is 9.38. The Morgan fingerprint density at radius 1 is 1.12 bits per heavy atom. The van der Waals surface area contributed by atoms with Crippen LogP contribution in [0.2, 0.25) is 5.02 Å². The van der Waals surface area contributed by atoms with Crippen molar-refractivity contribution in [3.63, 3.8) is 0 Å². The van der Waals surface area contributed by atoms with Crippen LogP contribution in [0.15, 0.2) is 24.3 Å². The zero-order valence-electron chi connectivity index (χ0n) is 18.0. The smallest absolute Gasteiger partial charge is 0.484 e. The van der Waals surface area contributed by atoms with Crippen LogP contribution in [0.5, 0.6) is 5.75 Å². The number of alkyl halides is 3. The third-order valence-corrected chi connectivity index (χ3v) is 7.20. The Morgan fingerprint density at radius 2 is 1.74 bits per heavy atom. The maximum Gasteiger partial charge on any atom is 0.523 e. The number of nitrogens with zero attached hydrogens (tertiary/aromatic N) is 1. The van der Waals surface area contributed by atoms with Crippen molar-refractivity contribution in [2.45, 2.75) is 56.0 Å². The molecule has 0 atom stereocenters. The summed E-state index contributed by atoms with van der Waals surface area (Å²) in [5.74, 6) is -1.55. The first-order chi connectivity index (χ1) is 15.9. The largest absolute Gasteiger partial charge is 0.523 e. The van der Waals surface area contributed by atoms with Crippen LogP contribution in [0, 0.1) is 5.41 Å². The summed E-state index contributed by atoms with van der Waals surface area (Å²) in [4.78, 5) is 50.1. The van der Waals surface area contributed by atoms with Crippen LogP contribution in [0.25, 0.3) is 0 Å². The molecule has 1 aromatic rings.